The highest BCUT2D eigenvalue weighted by molar-refractivity contribution is 5.17. The van der Waals surface area contributed by atoms with Crippen LogP contribution in [0.15, 0.2) is 24.3 Å². The highest BCUT2D eigenvalue weighted by atomic mass is 19.1. The van der Waals surface area contributed by atoms with Gasteiger partial charge in [0, 0.05) is 30.7 Å². The minimum absolute atomic E-state index is 0.156. The first-order chi connectivity index (χ1) is 9.41. The number of rotatable bonds is 4. The molecule has 0 saturated carbocycles. The van der Waals surface area contributed by atoms with Gasteiger partial charge in [0.1, 0.15) is 5.82 Å². The molecule has 1 aliphatic rings. The molecule has 0 aromatic heterocycles. The summed E-state index contributed by atoms with van der Waals surface area (Å²) < 4.78 is 13.0. The van der Waals surface area contributed by atoms with Gasteiger partial charge in [-0.15, -0.1) is 0 Å². The maximum absolute atomic E-state index is 13.0. The predicted molar refractivity (Wildman–Crippen MR) is 82.4 cm³/mol. The Morgan fingerprint density at radius 2 is 2.00 bits per heavy atom. The molecule has 0 bridgehead atoms. The van der Waals surface area contributed by atoms with Crippen molar-refractivity contribution < 1.29 is 4.39 Å². The van der Waals surface area contributed by atoms with Crippen LogP contribution >= 0.6 is 0 Å². The van der Waals surface area contributed by atoms with Gasteiger partial charge in [-0.25, -0.2) is 4.39 Å². The van der Waals surface area contributed by atoms with Crippen LogP contribution in [0.1, 0.15) is 39.7 Å². The van der Waals surface area contributed by atoms with Gasteiger partial charge in [0.05, 0.1) is 0 Å². The number of hydrogen-bond donors (Lipinski definition) is 1. The van der Waals surface area contributed by atoms with E-state index in [1.165, 1.54) is 5.56 Å². The minimum atomic E-state index is -0.156. The molecule has 0 spiro atoms. The first-order valence-electron chi connectivity index (χ1n) is 7.66. The number of hydrogen-bond acceptors (Lipinski definition) is 2. The second-order valence-electron chi connectivity index (χ2n) is 6.68. The molecule has 1 aromatic rings. The molecule has 1 fully saturated rings. The summed E-state index contributed by atoms with van der Waals surface area (Å²) in [5.74, 6) is -0.156. The quantitative estimate of drug-likeness (QED) is 0.909. The van der Waals surface area contributed by atoms with E-state index in [1.54, 1.807) is 12.1 Å². The second kappa shape index (κ2) is 6.23. The zero-order valence-electron chi connectivity index (χ0n) is 13.1. The molecule has 1 heterocycles. The van der Waals surface area contributed by atoms with Crippen molar-refractivity contribution in [2.45, 2.75) is 58.2 Å². The lowest BCUT2D eigenvalue weighted by Crippen LogP contribution is -2.63. The molecule has 20 heavy (non-hydrogen) atoms. The Kier molecular flexibility index (Phi) is 4.82. The van der Waals surface area contributed by atoms with E-state index in [0.29, 0.717) is 12.1 Å². The smallest absolute Gasteiger partial charge is 0.123 e. The fourth-order valence-electron chi connectivity index (χ4n) is 3.13. The Balaban J connectivity index is 2.05. The van der Waals surface area contributed by atoms with Crippen LogP contribution in [0.25, 0.3) is 0 Å². The first kappa shape index (κ1) is 15.5. The molecule has 2 nitrogen and oxygen atoms in total. The zero-order valence-corrected chi connectivity index (χ0v) is 13.1. The molecule has 0 aliphatic carbocycles. The monoisotopic (exact) mass is 278 g/mol. The van der Waals surface area contributed by atoms with Crippen LogP contribution < -0.4 is 5.32 Å². The maximum atomic E-state index is 13.0. The van der Waals surface area contributed by atoms with Crippen LogP contribution in [0, 0.1) is 5.82 Å². The normalized spacial score (nSPS) is 24.6. The molecule has 0 amide bonds. The summed E-state index contributed by atoms with van der Waals surface area (Å²) in [6.07, 6.45) is 2.14. The van der Waals surface area contributed by atoms with Gasteiger partial charge in [-0.2, -0.15) is 0 Å². The number of nitrogens with one attached hydrogen (secondary N) is 1. The van der Waals surface area contributed by atoms with Crippen LogP contribution in [0.4, 0.5) is 4.39 Å². The van der Waals surface area contributed by atoms with Crippen LogP contribution in [-0.4, -0.2) is 35.6 Å². The van der Waals surface area contributed by atoms with E-state index >= 15 is 0 Å². The molecule has 2 unspecified atom stereocenters. The fourth-order valence-corrected chi connectivity index (χ4v) is 3.13. The van der Waals surface area contributed by atoms with E-state index in [0.717, 1.165) is 25.9 Å². The fraction of sp³-hybridized carbons (Fsp3) is 0.647. The minimum Gasteiger partial charge on any atom is -0.309 e. The molecular formula is C17H27FN2. The van der Waals surface area contributed by atoms with Crippen molar-refractivity contribution in [3.8, 4) is 0 Å². The molecule has 1 N–H and O–H groups in total. The number of halogens is 1. The molecule has 112 valence electrons. The van der Waals surface area contributed by atoms with E-state index in [1.807, 2.05) is 12.1 Å². The van der Waals surface area contributed by atoms with Crippen LogP contribution in [0.3, 0.4) is 0 Å². The third-order valence-corrected chi connectivity index (χ3v) is 4.34. The SMILES string of the molecule is CCC1CNC(C)(C)CN1C(C)Cc1ccc(F)cc1. The van der Waals surface area contributed by atoms with Gasteiger partial charge in [0.25, 0.3) is 0 Å². The Bertz CT molecular complexity index is 427. The Morgan fingerprint density at radius 1 is 1.35 bits per heavy atom. The lowest BCUT2D eigenvalue weighted by atomic mass is 9.94. The summed E-state index contributed by atoms with van der Waals surface area (Å²) in [5, 5.41) is 3.62. The molecule has 2 atom stereocenters. The second-order valence-corrected chi connectivity index (χ2v) is 6.68. The highest BCUT2D eigenvalue weighted by Crippen LogP contribution is 2.21. The summed E-state index contributed by atoms with van der Waals surface area (Å²) in [4.78, 5) is 2.61. The van der Waals surface area contributed by atoms with E-state index in [2.05, 4.69) is 37.9 Å². The number of benzene rings is 1. The topological polar surface area (TPSA) is 15.3 Å². The van der Waals surface area contributed by atoms with Crippen LogP contribution in [0.5, 0.6) is 0 Å². The molecule has 1 aromatic carbocycles. The van der Waals surface area contributed by atoms with E-state index in [9.17, 15) is 4.39 Å². The van der Waals surface area contributed by atoms with Gasteiger partial charge in [0.2, 0.25) is 0 Å². The lowest BCUT2D eigenvalue weighted by Gasteiger charge is -2.47. The van der Waals surface area contributed by atoms with E-state index in [4.69, 9.17) is 0 Å². The van der Waals surface area contributed by atoms with Gasteiger partial charge in [-0.1, -0.05) is 19.1 Å². The molecule has 1 saturated heterocycles. The average molecular weight is 278 g/mol. The van der Waals surface area contributed by atoms with Crippen molar-refractivity contribution in [1.29, 1.82) is 0 Å². The molecule has 1 aliphatic heterocycles. The van der Waals surface area contributed by atoms with Crippen LogP contribution in [-0.2, 0) is 6.42 Å². The third-order valence-electron chi connectivity index (χ3n) is 4.34. The molecule has 3 heteroatoms. The standard InChI is InChI=1S/C17H27FN2/c1-5-16-11-19-17(3,4)12-20(16)13(2)10-14-6-8-15(18)9-7-14/h6-9,13,16,19H,5,10-12H2,1-4H3. The van der Waals surface area contributed by atoms with E-state index < -0.39 is 0 Å². The molecule has 0 radical (unpaired) electrons. The maximum Gasteiger partial charge on any atom is 0.123 e. The largest absolute Gasteiger partial charge is 0.309 e. The van der Waals surface area contributed by atoms with Crippen molar-refractivity contribution in [3.05, 3.63) is 35.6 Å². The predicted octanol–water partition coefficient (Wildman–Crippen LogP) is 3.22. The third kappa shape index (κ3) is 3.80. The molecular weight excluding hydrogens is 251 g/mol. The summed E-state index contributed by atoms with van der Waals surface area (Å²) >= 11 is 0. The van der Waals surface area contributed by atoms with Gasteiger partial charge < -0.3 is 5.32 Å². The van der Waals surface area contributed by atoms with Crippen LogP contribution in [0.2, 0.25) is 0 Å². The van der Waals surface area contributed by atoms with Crippen molar-refractivity contribution in [1.82, 2.24) is 10.2 Å². The van der Waals surface area contributed by atoms with Crippen molar-refractivity contribution in [3.63, 3.8) is 0 Å². The van der Waals surface area contributed by atoms with Gasteiger partial charge >= 0.3 is 0 Å². The summed E-state index contributed by atoms with van der Waals surface area (Å²) in [7, 11) is 0. The van der Waals surface area contributed by atoms with Gasteiger partial charge in [-0.3, -0.25) is 4.90 Å². The Labute approximate surface area is 122 Å². The first-order valence-corrected chi connectivity index (χ1v) is 7.66. The van der Waals surface area contributed by atoms with Gasteiger partial charge in [0.15, 0.2) is 0 Å². The zero-order chi connectivity index (χ0) is 14.8. The van der Waals surface area contributed by atoms with Gasteiger partial charge in [-0.05, 0) is 51.3 Å². The lowest BCUT2D eigenvalue weighted by molar-refractivity contribution is 0.0584. The van der Waals surface area contributed by atoms with Crippen molar-refractivity contribution in [2.75, 3.05) is 13.1 Å². The average Bonchev–Trinajstić information content (AvgIpc) is 2.40. The Morgan fingerprint density at radius 3 is 2.60 bits per heavy atom. The van der Waals surface area contributed by atoms with Crippen molar-refractivity contribution >= 4 is 0 Å². The highest BCUT2D eigenvalue weighted by Gasteiger charge is 2.33. The number of nitrogens with zero attached hydrogens (tertiary/aromatic N) is 1. The molecule has 2 rings (SSSR count). The van der Waals surface area contributed by atoms with Crippen molar-refractivity contribution in [2.24, 2.45) is 0 Å². The summed E-state index contributed by atoms with van der Waals surface area (Å²) in [5.41, 5.74) is 1.38. The van der Waals surface area contributed by atoms with E-state index in [-0.39, 0.29) is 11.4 Å². The Hall–Kier alpha value is -0.930. The summed E-state index contributed by atoms with van der Waals surface area (Å²) in [6.45, 7) is 11.2. The summed E-state index contributed by atoms with van der Waals surface area (Å²) in [6, 6.07) is 7.99. The number of piperazine rings is 1.